The monoisotopic (exact) mass is 1170 g/mol. The predicted octanol–water partition coefficient (Wildman–Crippen LogP) is 1.83. The normalized spacial score (nSPS) is 19.7. The van der Waals surface area contributed by atoms with Crippen LogP contribution in [0.1, 0.15) is 97.7 Å². The van der Waals surface area contributed by atoms with Gasteiger partial charge in [0.15, 0.2) is 5.96 Å². The maximum atomic E-state index is 14.9. The third-order valence-corrected chi connectivity index (χ3v) is 16.9. The Labute approximate surface area is 485 Å². The number of aromatic nitrogens is 3. The van der Waals surface area contributed by atoms with Crippen LogP contribution in [0.25, 0.3) is 0 Å². The summed E-state index contributed by atoms with van der Waals surface area (Å²) in [4.78, 5) is 133. The summed E-state index contributed by atoms with van der Waals surface area (Å²) in [6.45, 7) is 13.3. The van der Waals surface area contributed by atoms with E-state index in [1.54, 1.807) is 51.7 Å². The van der Waals surface area contributed by atoms with E-state index < -0.39 is 89.2 Å². The number of ether oxygens (including phenoxy) is 2. The van der Waals surface area contributed by atoms with Crippen LogP contribution in [0.15, 0.2) is 41.5 Å². The molecule has 1 aromatic heterocycles. The van der Waals surface area contributed by atoms with E-state index >= 15 is 0 Å². The summed E-state index contributed by atoms with van der Waals surface area (Å²) in [6, 6.07) is 4.90. The Bertz CT molecular complexity index is 2560. The lowest BCUT2D eigenvalue weighted by Gasteiger charge is -2.41. The maximum Gasteiger partial charge on any atom is 0.327 e. The van der Waals surface area contributed by atoms with Crippen molar-refractivity contribution in [2.75, 3.05) is 73.8 Å². The van der Waals surface area contributed by atoms with Crippen molar-refractivity contribution in [3.05, 3.63) is 47.8 Å². The Balaban J connectivity index is 1.16. The van der Waals surface area contributed by atoms with E-state index in [-0.39, 0.29) is 67.5 Å². The molecule has 0 radical (unpaired) electrons. The summed E-state index contributed by atoms with van der Waals surface area (Å²) >= 11 is 0.998. The summed E-state index contributed by atoms with van der Waals surface area (Å²) in [5, 5.41) is 31.9. The molecule has 7 amide bonds. The minimum atomic E-state index is -1.24. The van der Waals surface area contributed by atoms with Crippen molar-refractivity contribution in [3.63, 3.8) is 0 Å². The summed E-state index contributed by atoms with van der Waals surface area (Å²) < 4.78 is 13.6. The molecule has 82 heavy (non-hydrogen) atoms. The molecule has 3 aliphatic rings. The number of imide groups is 1. The van der Waals surface area contributed by atoms with Crippen LogP contribution in [-0.4, -0.2) is 235 Å². The van der Waals surface area contributed by atoms with Crippen LogP contribution >= 0.6 is 11.8 Å². The standard InChI is InChI=1S/C56H86N12O13S/c1-12-35(4)49(43(80-10)29-46(71)67-23-16-20-42(67)50(81-11)36(5)51(73)58-40(54(76)77)28-38-18-14-13-15-19-38)63(9)53(75)48(34(2)3)59-56(62(7)8)65-26-24-64(25-27-65)45(70)21-17-22-66-31-39(60-61-66)32-68-47(72)30-44(52(68)74)82-33-41(55(78)79)57-37(6)69/h13-15,18-19,31,34-36,40-44,48-50H,12,16-17,20-30,32-33H2,1-11H3,(H,57,69)(H,58,73)(H,76,77)(H,78,79)/b59-56+/t35-,36+,40-,41-,42-,43+,44?,48-,49-,50+/m0/s1. The number of carbonyl (C=O) groups is 9. The average molecular weight is 1170 g/mol. The molecular formula is C56H86N12O13S. The number of aliphatic carboxylic acids is 2. The van der Waals surface area contributed by atoms with Crippen LogP contribution in [0.2, 0.25) is 0 Å². The fourth-order valence-electron chi connectivity index (χ4n) is 10.9. The van der Waals surface area contributed by atoms with Crippen molar-refractivity contribution in [2.24, 2.45) is 22.7 Å². The van der Waals surface area contributed by atoms with Gasteiger partial charge >= 0.3 is 11.9 Å². The van der Waals surface area contributed by atoms with Crippen LogP contribution in [-0.2, 0) is 72.1 Å². The van der Waals surface area contributed by atoms with Gasteiger partial charge in [-0.25, -0.2) is 14.6 Å². The number of methoxy groups -OCH3 is 2. The number of likely N-dealkylation sites (N-methyl/N-ethyl adjacent to an activating group) is 1. The lowest BCUT2D eigenvalue weighted by atomic mass is 9.89. The molecule has 5 rings (SSSR count). The fourth-order valence-corrected chi connectivity index (χ4v) is 12.1. The molecule has 0 bridgehead atoms. The van der Waals surface area contributed by atoms with Crippen LogP contribution in [0.4, 0.5) is 0 Å². The lowest BCUT2D eigenvalue weighted by Crippen LogP contribution is -2.56. The average Bonchev–Trinajstić information content (AvgIpc) is 4.26. The summed E-state index contributed by atoms with van der Waals surface area (Å²) in [5.41, 5.74) is 1.14. The number of thioether (sulfide) groups is 1. The molecule has 0 spiro atoms. The number of aliphatic imine (C=N–C) groups is 1. The Morgan fingerprint density at radius 2 is 1.54 bits per heavy atom. The number of nitrogens with zero attached hydrogens (tertiary/aromatic N) is 10. The number of carboxylic acids is 2. The molecule has 1 unspecified atom stereocenters. The summed E-state index contributed by atoms with van der Waals surface area (Å²) in [7, 11) is 8.49. The van der Waals surface area contributed by atoms with Gasteiger partial charge in [0.1, 0.15) is 23.8 Å². The van der Waals surface area contributed by atoms with Gasteiger partial charge in [0.25, 0.3) is 0 Å². The molecular weight excluding hydrogens is 1080 g/mol. The molecule has 1 aromatic carbocycles. The largest absolute Gasteiger partial charge is 0.480 e. The van der Waals surface area contributed by atoms with Crippen LogP contribution in [0, 0.1) is 17.8 Å². The minimum Gasteiger partial charge on any atom is -0.480 e. The molecule has 3 fully saturated rings. The van der Waals surface area contributed by atoms with E-state index in [9.17, 15) is 53.4 Å². The van der Waals surface area contributed by atoms with Gasteiger partial charge in [-0.2, -0.15) is 0 Å². The quantitative estimate of drug-likeness (QED) is 0.0513. The van der Waals surface area contributed by atoms with Gasteiger partial charge in [-0.1, -0.05) is 76.6 Å². The number of likely N-dealkylation sites (tertiary alicyclic amines) is 2. The highest BCUT2D eigenvalue weighted by Gasteiger charge is 2.44. The number of hydrogen-bond donors (Lipinski definition) is 4. The van der Waals surface area contributed by atoms with E-state index in [1.807, 2.05) is 64.9 Å². The fraction of sp³-hybridized carbons (Fsp3) is 0.679. The smallest absolute Gasteiger partial charge is 0.327 e. The first-order valence-electron chi connectivity index (χ1n) is 28.2. The zero-order valence-corrected chi connectivity index (χ0v) is 50.2. The lowest BCUT2D eigenvalue weighted by molar-refractivity contribution is -0.147. The second-order valence-electron chi connectivity index (χ2n) is 22.1. The van der Waals surface area contributed by atoms with E-state index in [0.717, 1.165) is 22.2 Å². The molecule has 3 aliphatic heterocycles. The van der Waals surface area contributed by atoms with Crippen LogP contribution in [0.3, 0.4) is 0 Å². The Morgan fingerprint density at radius 3 is 2.12 bits per heavy atom. The van der Waals surface area contributed by atoms with Crippen molar-refractivity contribution < 1.29 is 62.8 Å². The number of nitrogens with one attached hydrogen (secondary N) is 2. The first-order chi connectivity index (χ1) is 38.9. The van der Waals surface area contributed by atoms with E-state index in [1.165, 1.54) is 21.1 Å². The van der Waals surface area contributed by atoms with Gasteiger partial charge in [-0.05, 0) is 36.7 Å². The molecule has 454 valence electrons. The Hall–Kier alpha value is -6.67. The highest BCUT2D eigenvalue weighted by Crippen LogP contribution is 2.31. The molecule has 25 nitrogen and oxygen atoms in total. The van der Waals surface area contributed by atoms with Crippen molar-refractivity contribution in [1.29, 1.82) is 0 Å². The summed E-state index contributed by atoms with van der Waals surface area (Å²) in [5.74, 6) is -5.39. The maximum absolute atomic E-state index is 14.9. The third kappa shape index (κ3) is 17.7. The molecule has 2 aromatic rings. The number of benzene rings is 1. The Morgan fingerprint density at radius 1 is 0.878 bits per heavy atom. The molecule has 3 saturated heterocycles. The van der Waals surface area contributed by atoms with Crippen molar-refractivity contribution in [1.82, 2.24) is 55.0 Å². The number of aryl methyl sites for hydroxylation is 1. The van der Waals surface area contributed by atoms with E-state index in [4.69, 9.17) is 14.5 Å². The van der Waals surface area contributed by atoms with Gasteiger partial charge in [0, 0.05) is 107 Å². The zero-order chi connectivity index (χ0) is 60.5. The molecule has 4 heterocycles. The summed E-state index contributed by atoms with van der Waals surface area (Å²) in [6.07, 6.45) is 2.76. The van der Waals surface area contributed by atoms with Gasteiger partial charge < -0.3 is 54.8 Å². The van der Waals surface area contributed by atoms with Gasteiger partial charge in [0.2, 0.25) is 41.4 Å². The number of hydrogen-bond acceptors (Lipinski definition) is 15. The first kappa shape index (κ1) is 66.1. The minimum absolute atomic E-state index is 0.0375. The number of rotatable bonds is 29. The number of piperazine rings is 1. The highest BCUT2D eigenvalue weighted by molar-refractivity contribution is 8.00. The van der Waals surface area contributed by atoms with E-state index in [2.05, 4.69) is 25.8 Å². The zero-order valence-electron chi connectivity index (χ0n) is 49.4. The molecule has 0 aliphatic carbocycles. The highest BCUT2D eigenvalue weighted by atomic mass is 32.2. The van der Waals surface area contributed by atoms with Crippen LogP contribution < -0.4 is 10.6 Å². The number of carbonyl (C=O) groups excluding carboxylic acids is 7. The Kier molecular flexibility index (Phi) is 25.1. The van der Waals surface area contributed by atoms with Crippen LogP contribution in [0.5, 0.6) is 0 Å². The second kappa shape index (κ2) is 31.1. The molecule has 0 saturated carbocycles. The number of guanidine groups is 1. The van der Waals surface area contributed by atoms with Gasteiger partial charge in [-0.3, -0.25) is 43.1 Å². The topological polar surface area (TPSA) is 299 Å². The van der Waals surface area contributed by atoms with Crippen molar-refractivity contribution >= 4 is 71.0 Å². The predicted molar refractivity (Wildman–Crippen MR) is 305 cm³/mol. The molecule has 26 heteroatoms. The third-order valence-electron chi connectivity index (χ3n) is 15.6. The SMILES string of the molecule is CC[C@H](C)[C@@H]([C@@H](CC(=O)N1CCC[C@H]1[C@H](OC)[C@@H](C)C(=O)N[C@@H](Cc1ccccc1)C(=O)O)OC)N(C)C(=O)[C@@H](/N=C(\N(C)C)N1CCN(C(=O)CCCn2cc(CN3C(=O)CC(SC[C@H](NC(C)=O)C(=O)O)C3=O)nn2)CC1)C(C)C. The molecule has 4 N–H and O–H groups in total. The number of carboxylic acid groups (broad SMARTS) is 2. The molecule has 10 atom stereocenters. The van der Waals surface area contributed by atoms with Crippen molar-refractivity contribution in [3.8, 4) is 0 Å². The first-order valence-corrected chi connectivity index (χ1v) is 29.3. The van der Waals surface area contributed by atoms with Gasteiger partial charge in [0.05, 0.1) is 54.6 Å². The van der Waals surface area contributed by atoms with Gasteiger partial charge in [-0.15, -0.1) is 16.9 Å². The second-order valence-corrected chi connectivity index (χ2v) is 23.3. The number of amides is 7. The van der Waals surface area contributed by atoms with E-state index in [0.29, 0.717) is 76.6 Å². The van der Waals surface area contributed by atoms with Crippen molar-refractivity contribution in [2.45, 2.75) is 154 Å².